The van der Waals surface area contributed by atoms with Crippen LogP contribution in [0.25, 0.3) is 0 Å². The Labute approximate surface area is 131 Å². The fourth-order valence-electron chi connectivity index (χ4n) is 1.68. The Bertz CT molecular complexity index is 629. The minimum absolute atomic E-state index is 0.204. The lowest BCUT2D eigenvalue weighted by molar-refractivity contribution is 0.0697. The van der Waals surface area contributed by atoms with Gasteiger partial charge < -0.3 is 5.11 Å². The largest absolute Gasteiger partial charge is 0.478 e. The third-order valence-corrected chi connectivity index (χ3v) is 4.52. The molecular weight excluding hydrogens is 315 g/mol. The second kappa shape index (κ2) is 7.02. The number of carbonyl (C=O) groups is 1. The molecule has 0 aliphatic rings. The molecule has 2 rings (SSSR count). The van der Waals surface area contributed by atoms with E-state index in [2.05, 4.69) is 0 Å². The molecule has 0 bridgehead atoms. The standard InChI is InChI=1S/C15H12Cl2O2S/c16-13-4-2-1-3-11(13)8-20-9-12-6-5-10(15(18)19)7-14(12)17/h1-7H,8-9H2,(H,18,19). The molecule has 104 valence electrons. The summed E-state index contributed by atoms with van der Waals surface area (Å²) in [5.74, 6) is 0.530. The molecule has 20 heavy (non-hydrogen) atoms. The van der Waals surface area contributed by atoms with E-state index in [0.717, 1.165) is 21.9 Å². The third-order valence-electron chi connectivity index (χ3n) is 2.77. The van der Waals surface area contributed by atoms with E-state index in [0.29, 0.717) is 10.8 Å². The first-order valence-corrected chi connectivity index (χ1v) is 7.82. The monoisotopic (exact) mass is 326 g/mol. The van der Waals surface area contributed by atoms with Gasteiger partial charge in [-0.2, -0.15) is 11.8 Å². The average Bonchev–Trinajstić information content (AvgIpc) is 2.42. The Hall–Kier alpha value is -1.16. The highest BCUT2D eigenvalue weighted by molar-refractivity contribution is 7.97. The van der Waals surface area contributed by atoms with E-state index >= 15 is 0 Å². The smallest absolute Gasteiger partial charge is 0.335 e. The minimum Gasteiger partial charge on any atom is -0.478 e. The summed E-state index contributed by atoms with van der Waals surface area (Å²) in [5.41, 5.74) is 2.21. The molecule has 2 aromatic rings. The molecule has 2 nitrogen and oxygen atoms in total. The van der Waals surface area contributed by atoms with E-state index in [9.17, 15) is 4.79 Å². The molecule has 0 aromatic heterocycles. The summed E-state index contributed by atoms with van der Waals surface area (Å²) < 4.78 is 0. The van der Waals surface area contributed by atoms with E-state index in [1.165, 1.54) is 6.07 Å². The molecule has 0 atom stereocenters. The SMILES string of the molecule is O=C(O)c1ccc(CSCc2ccccc2Cl)c(Cl)c1. The number of benzene rings is 2. The number of hydrogen-bond acceptors (Lipinski definition) is 2. The number of hydrogen-bond donors (Lipinski definition) is 1. The molecule has 5 heteroatoms. The second-order valence-electron chi connectivity index (χ2n) is 4.20. The van der Waals surface area contributed by atoms with Crippen molar-refractivity contribution in [2.24, 2.45) is 0 Å². The zero-order valence-corrected chi connectivity index (χ0v) is 12.8. The maximum Gasteiger partial charge on any atom is 0.335 e. The number of carboxylic acids is 1. The molecule has 2 aromatic carbocycles. The van der Waals surface area contributed by atoms with Crippen molar-refractivity contribution < 1.29 is 9.90 Å². The van der Waals surface area contributed by atoms with Crippen molar-refractivity contribution >= 4 is 40.9 Å². The topological polar surface area (TPSA) is 37.3 Å². The van der Waals surface area contributed by atoms with Crippen molar-refractivity contribution in [2.45, 2.75) is 11.5 Å². The summed E-state index contributed by atoms with van der Waals surface area (Å²) >= 11 is 13.9. The van der Waals surface area contributed by atoms with Gasteiger partial charge in [0.05, 0.1) is 5.56 Å². The van der Waals surface area contributed by atoms with Gasteiger partial charge in [0, 0.05) is 21.6 Å². The number of rotatable bonds is 5. The molecule has 0 aliphatic carbocycles. The second-order valence-corrected chi connectivity index (χ2v) is 6.00. The van der Waals surface area contributed by atoms with E-state index in [4.69, 9.17) is 28.3 Å². The summed E-state index contributed by atoms with van der Waals surface area (Å²) in [7, 11) is 0. The van der Waals surface area contributed by atoms with Crippen LogP contribution < -0.4 is 0 Å². The molecule has 0 saturated heterocycles. The minimum atomic E-state index is -0.970. The fourth-order valence-corrected chi connectivity index (χ4v) is 3.34. The molecule has 1 N–H and O–H groups in total. The van der Waals surface area contributed by atoms with Crippen molar-refractivity contribution in [2.75, 3.05) is 0 Å². The molecule has 0 heterocycles. The summed E-state index contributed by atoms with van der Waals surface area (Å²) in [6.45, 7) is 0. The predicted molar refractivity (Wildman–Crippen MR) is 84.9 cm³/mol. The van der Waals surface area contributed by atoms with Crippen LogP contribution in [0.2, 0.25) is 10.0 Å². The van der Waals surface area contributed by atoms with Gasteiger partial charge in [-0.25, -0.2) is 4.79 Å². The van der Waals surface area contributed by atoms with Crippen molar-refractivity contribution in [3.8, 4) is 0 Å². The van der Waals surface area contributed by atoms with Gasteiger partial charge in [-0.1, -0.05) is 47.5 Å². The van der Waals surface area contributed by atoms with E-state index in [-0.39, 0.29) is 5.56 Å². The Morgan fingerprint density at radius 1 is 1.00 bits per heavy atom. The van der Waals surface area contributed by atoms with Gasteiger partial charge in [0.25, 0.3) is 0 Å². The number of thioether (sulfide) groups is 1. The first-order valence-electron chi connectivity index (χ1n) is 5.91. The lowest BCUT2D eigenvalue weighted by atomic mass is 10.1. The number of carboxylic acid groups (broad SMARTS) is 1. The highest BCUT2D eigenvalue weighted by atomic mass is 35.5. The van der Waals surface area contributed by atoms with E-state index < -0.39 is 5.97 Å². The Balaban J connectivity index is 1.98. The first kappa shape index (κ1) is 15.2. The summed E-state index contributed by atoms with van der Waals surface area (Å²) in [6, 6.07) is 12.5. The van der Waals surface area contributed by atoms with Crippen LogP contribution in [0.5, 0.6) is 0 Å². The zero-order chi connectivity index (χ0) is 14.5. The van der Waals surface area contributed by atoms with Crippen LogP contribution in [0.3, 0.4) is 0 Å². The Morgan fingerprint density at radius 3 is 2.25 bits per heavy atom. The summed E-state index contributed by atoms with van der Waals surface area (Å²) in [5, 5.41) is 10.1. The molecule has 0 aliphatic heterocycles. The third kappa shape index (κ3) is 3.92. The van der Waals surface area contributed by atoms with Crippen LogP contribution in [-0.4, -0.2) is 11.1 Å². The maximum absolute atomic E-state index is 10.8. The van der Waals surface area contributed by atoms with E-state index in [1.54, 1.807) is 23.9 Å². The van der Waals surface area contributed by atoms with Crippen molar-refractivity contribution in [1.29, 1.82) is 0 Å². The predicted octanol–water partition coefficient (Wildman–Crippen LogP) is 5.13. The van der Waals surface area contributed by atoms with Gasteiger partial charge in [0.2, 0.25) is 0 Å². The highest BCUT2D eigenvalue weighted by Crippen LogP contribution is 2.26. The van der Waals surface area contributed by atoms with Crippen molar-refractivity contribution in [3.63, 3.8) is 0 Å². The van der Waals surface area contributed by atoms with Crippen molar-refractivity contribution in [1.82, 2.24) is 0 Å². The van der Waals surface area contributed by atoms with Gasteiger partial charge in [0.1, 0.15) is 0 Å². The van der Waals surface area contributed by atoms with Gasteiger partial charge in [-0.3, -0.25) is 0 Å². The molecule has 0 amide bonds. The van der Waals surface area contributed by atoms with Crippen LogP contribution in [0.15, 0.2) is 42.5 Å². The summed E-state index contributed by atoms with van der Waals surface area (Å²) in [6.07, 6.45) is 0. The van der Waals surface area contributed by atoms with Gasteiger partial charge in [0.15, 0.2) is 0 Å². The maximum atomic E-state index is 10.8. The quantitative estimate of drug-likeness (QED) is 0.828. The van der Waals surface area contributed by atoms with Crippen LogP contribution in [0.1, 0.15) is 21.5 Å². The van der Waals surface area contributed by atoms with Gasteiger partial charge in [-0.05, 0) is 29.3 Å². The Kier molecular flexibility index (Phi) is 5.35. The average molecular weight is 327 g/mol. The van der Waals surface area contributed by atoms with Crippen LogP contribution in [-0.2, 0) is 11.5 Å². The lowest BCUT2D eigenvalue weighted by Gasteiger charge is -2.06. The van der Waals surface area contributed by atoms with Crippen LogP contribution in [0.4, 0.5) is 0 Å². The zero-order valence-electron chi connectivity index (χ0n) is 10.5. The normalized spacial score (nSPS) is 10.5. The molecule has 0 spiro atoms. The van der Waals surface area contributed by atoms with E-state index in [1.807, 2.05) is 24.3 Å². The Morgan fingerprint density at radius 2 is 1.65 bits per heavy atom. The fraction of sp³-hybridized carbons (Fsp3) is 0.133. The highest BCUT2D eigenvalue weighted by Gasteiger charge is 2.07. The lowest BCUT2D eigenvalue weighted by Crippen LogP contribution is -1.96. The summed E-state index contributed by atoms with van der Waals surface area (Å²) in [4.78, 5) is 10.8. The van der Waals surface area contributed by atoms with Gasteiger partial charge in [-0.15, -0.1) is 0 Å². The molecular formula is C15H12Cl2O2S. The van der Waals surface area contributed by atoms with Crippen LogP contribution >= 0.6 is 35.0 Å². The first-order chi connectivity index (χ1) is 9.58. The number of aromatic carboxylic acids is 1. The van der Waals surface area contributed by atoms with Crippen molar-refractivity contribution in [3.05, 3.63) is 69.2 Å². The number of halogens is 2. The van der Waals surface area contributed by atoms with Gasteiger partial charge >= 0.3 is 5.97 Å². The molecule has 0 unspecified atom stereocenters. The molecule has 0 radical (unpaired) electrons. The molecule has 0 saturated carbocycles. The molecule has 0 fully saturated rings. The van der Waals surface area contributed by atoms with Crippen LogP contribution in [0, 0.1) is 0 Å².